The zero-order valence-corrected chi connectivity index (χ0v) is 25.3. The Labute approximate surface area is 249 Å². The highest BCUT2D eigenvalue weighted by atomic mass is 32.2. The average molecular weight is 598 g/mol. The van der Waals surface area contributed by atoms with Crippen LogP contribution in [0.25, 0.3) is 0 Å². The number of ether oxygens (including phenoxy) is 5. The number of esters is 4. The monoisotopic (exact) mass is 597 g/mol. The van der Waals surface area contributed by atoms with Gasteiger partial charge in [-0.15, -0.1) is 11.8 Å². The maximum Gasteiger partial charge on any atom is 0.303 e. The summed E-state index contributed by atoms with van der Waals surface area (Å²) in [6.45, 7) is 6.52. The Balaban J connectivity index is 2.19. The van der Waals surface area contributed by atoms with E-state index in [1.54, 1.807) is 6.07 Å². The highest BCUT2D eigenvalue weighted by Gasteiger charge is 2.53. The molecule has 1 saturated heterocycles. The van der Waals surface area contributed by atoms with E-state index in [1.165, 1.54) is 45.0 Å². The Kier molecular flexibility index (Phi) is 11.5. The second kappa shape index (κ2) is 14.8. The maximum absolute atomic E-state index is 12.3. The van der Waals surface area contributed by atoms with E-state index >= 15 is 0 Å². The molecule has 3 rings (SSSR count). The lowest BCUT2D eigenvalue weighted by molar-refractivity contribution is -0.254. The third-order valence-corrected chi connectivity index (χ3v) is 7.49. The number of benzene rings is 2. The summed E-state index contributed by atoms with van der Waals surface area (Å²) in [4.78, 5) is 49.0. The molecule has 1 aliphatic rings. The lowest BCUT2D eigenvalue weighted by atomic mass is 9.88. The first-order valence-electron chi connectivity index (χ1n) is 13.5. The summed E-state index contributed by atoms with van der Waals surface area (Å²) in [6, 6.07) is 13.9. The third kappa shape index (κ3) is 8.33. The first-order chi connectivity index (χ1) is 20.0. The molecule has 0 unspecified atom stereocenters. The van der Waals surface area contributed by atoms with Gasteiger partial charge in [0.2, 0.25) is 0 Å². The number of nitriles is 1. The normalized spacial score (nSPS) is 21.5. The van der Waals surface area contributed by atoms with Gasteiger partial charge in [-0.25, -0.2) is 0 Å². The molecule has 0 spiro atoms. The van der Waals surface area contributed by atoms with Crippen LogP contribution < -0.4 is 0 Å². The molecule has 0 amide bonds. The smallest absolute Gasteiger partial charge is 0.303 e. The number of carbonyl (C=O) groups is 4. The number of nitrogens with zero attached hydrogens (tertiary/aromatic N) is 1. The number of thioether (sulfide) groups is 1. The summed E-state index contributed by atoms with van der Waals surface area (Å²) in [7, 11) is 0. The van der Waals surface area contributed by atoms with E-state index in [4.69, 9.17) is 23.7 Å². The molecule has 0 aliphatic carbocycles. The predicted octanol–water partition coefficient (Wildman–Crippen LogP) is 4.23. The van der Waals surface area contributed by atoms with Gasteiger partial charge in [0.15, 0.2) is 18.3 Å². The molecular formula is C31H35NO9S. The molecule has 0 saturated carbocycles. The van der Waals surface area contributed by atoms with E-state index in [0.717, 1.165) is 12.0 Å². The van der Waals surface area contributed by atoms with Crippen LogP contribution in [-0.4, -0.2) is 61.2 Å². The number of rotatable bonds is 10. The van der Waals surface area contributed by atoms with Crippen LogP contribution in [0.15, 0.2) is 41.3 Å². The molecule has 0 N–H and O–H groups in total. The summed E-state index contributed by atoms with van der Waals surface area (Å²) in [5.41, 5.74) is 3.93. The molecule has 11 heteroatoms. The highest BCUT2D eigenvalue weighted by molar-refractivity contribution is 7.98. The molecule has 10 nitrogen and oxygen atoms in total. The lowest BCUT2D eigenvalue weighted by Crippen LogP contribution is -2.59. The fourth-order valence-corrected chi connectivity index (χ4v) is 5.53. The third-order valence-electron chi connectivity index (χ3n) is 6.70. The second-order valence-corrected chi connectivity index (χ2v) is 10.7. The Morgan fingerprint density at radius 3 is 1.95 bits per heavy atom. The van der Waals surface area contributed by atoms with Crippen molar-refractivity contribution in [1.29, 1.82) is 5.26 Å². The summed E-state index contributed by atoms with van der Waals surface area (Å²) >= 11 is 1.36. The van der Waals surface area contributed by atoms with Crippen LogP contribution in [0.1, 0.15) is 68.5 Å². The minimum atomic E-state index is -1.29. The fourth-order valence-electron chi connectivity index (χ4n) is 4.88. The van der Waals surface area contributed by atoms with Crippen LogP contribution in [0.4, 0.5) is 0 Å². The quantitative estimate of drug-likeness (QED) is 0.221. The highest BCUT2D eigenvalue weighted by Crippen LogP contribution is 2.42. The Bertz CT molecular complexity index is 1350. The topological polar surface area (TPSA) is 138 Å². The molecule has 0 radical (unpaired) electrons. The number of carbonyl (C=O) groups excluding carboxylic acids is 4. The summed E-state index contributed by atoms with van der Waals surface area (Å²) in [6.07, 6.45) is -2.71. The van der Waals surface area contributed by atoms with E-state index < -0.39 is 54.4 Å². The zero-order valence-electron chi connectivity index (χ0n) is 24.5. The van der Waals surface area contributed by atoms with Crippen molar-refractivity contribution in [3.63, 3.8) is 0 Å². The Hall–Kier alpha value is -3.88. The van der Waals surface area contributed by atoms with Crippen molar-refractivity contribution in [3.05, 3.63) is 64.2 Å². The molecule has 1 fully saturated rings. The van der Waals surface area contributed by atoms with Gasteiger partial charge in [0.25, 0.3) is 0 Å². The van der Waals surface area contributed by atoms with Gasteiger partial charge in [0.05, 0.1) is 11.6 Å². The van der Waals surface area contributed by atoms with Crippen LogP contribution in [0.2, 0.25) is 0 Å². The molecule has 1 heterocycles. The fraction of sp³-hybridized carbons (Fsp3) is 0.452. The minimum absolute atomic E-state index is 0.324. The van der Waals surface area contributed by atoms with Gasteiger partial charge in [0.1, 0.15) is 18.8 Å². The first-order valence-corrected chi connectivity index (χ1v) is 14.7. The summed E-state index contributed by atoms with van der Waals surface area (Å²) in [5.74, 6) is -2.68. The van der Waals surface area contributed by atoms with Crippen LogP contribution in [-0.2, 0) is 55.7 Å². The molecule has 224 valence electrons. The summed E-state index contributed by atoms with van der Waals surface area (Å²) in [5, 5.41) is 9.98. The van der Waals surface area contributed by atoms with Crippen molar-refractivity contribution in [2.75, 3.05) is 12.9 Å². The minimum Gasteiger partial charge on any atom is -0.463 e. The molecule has 1 aliphatic heterocycles. The van der Waals surface area contributed by atoms with Gasteiger partial charge >= 0.3 is 23.9 Å². The molecule has 2 aromatic carbocycles. The van der Waals surface area contributed by atoms with Crippen LogP contribution in [0, 0.1) is 11.3 Å². The zero-order chi connectivity index (χ0) is 31.0. The first kappa shape index (κ1) is 32.6. The van der Waals surface area contributed by atoms with Gasteiger partial charge in [-0.05, 0) is 47.4 Å². The summed E-state index contributed by atoms with van der Waals surface area (Å²) < 4.78 is 28.4. The van der Waals surface area contributed by atoms with Gasteiger partial charge in [0, 0.05) is 32.6 Å². The molecule has 0 aromatic heterocycles. The van der Waals surface area contributed by atoms with E-state index in [0.29, 0.717) is 28.0 Å². The van der Waals surface area contributed by atoms with Gasteiger partial charge in [-0.2, -0.15) is 5.26 Å². The van der Waals surface area contributed by atoms with Gasteiger partial charge < -0.3 is 23.7 Å². The molecule has 42 heavy (non-hydrogen) atoms. The van der Waals surface area contributed by atoms with Crippen LogP contribution in [0.3, 0.4) is 0 Å². The van der Waals surface area contributed by atoms with Crippen molar-refractivity contribution < 1.29 is 42.9 Å². The van der Waals surface area contributed by atoms with E-state index in [2.05, 4.69) is 13.0 Å². The Morgan fingerprint density at radius 2 is 1.43 bits per heavy atom. The van der Waals surface area contributed by atoms with Crippen LogP contribution >= 0.6 is 11.8 Å². The second-order valence-electron chi connectivity index (χ2n) is 9.83. The SMILES string of the molecule is CCc1ccc(Cc2cc([C@@H]3O[C@H](COC(C)=O)[C@@H](OC(C)=O)[C@H](OC(C)=O)[C@H]3OC(C)=O)c(SC)cc2C#N)cc1. The number of hydrogen-bond acceptors (Lipinski definition) is 11. The van der Waals surface area contributed by atoms with E-state index in [1.807, 2.05) is 36.6 Å². The number of hydrogen-bond donors (Lipinski definition) is 0. The largest absolute Gasteiger partial charge is 0.463 e. The van der Waals surface area contributed by atoms with E-state index in [9.17, 15) is 24.4 Å². The standard InChI is InChI=1S/C31H35NO9S/c1-7-21-8-10-22(11-9-21)12-23-13-25(27(42-6)14-24(23)15-32)28-30(39-19(4)35)31(40-20(5)36)29(38-18(3)34)26(41-28)16-37-17(2)33/h8-11,13-14,26,28-31H,7,12,16H2,1-6H3/t26-,28+,29-,30+,31+/m1/s1. The lowest BCUT2D eigenvalue weighted by Gasteiger charge is -2.45. The molecule has 0 bridgehead atoms. The van der Waals surface area contributed by atoms with Crippen molar-refractivity contribution in [2.45, 2.75) is 82.9 Å². The Morgan fingerprint density at radius 1 is 0.857 bits per heavy atom. The molecule has 5 atom stereocenters. The van der Waals surface area contributed by atoms with Crippen LogP contribution in [0.5, 0.6) is 0 Å². The van der Waals surface area contributed by atoms with E-state index in [-0.39, 0.29) is 6.61 Å². The van der Waals surface area contributed by atoms with Crippen molar-refractivity contribution >= 4 is 35.6 Å². The predicted molar refractivity (Wildman–Crippen MR) is 152 cm³/mol. The van der Waals surface area contributed by atoms with Gasteiger partial charge in [-0.3, -0.25) is 19.2 Å². The maximum atomic E-state index is 12.3. The van der Waals surface area contributed by atoms with Crippen molar-refractivity contribution in [2.24, 2.45) is 0 Å². The van der Waals surface area contributed by atoms with Crippen molar-refractivity contribution in [3.8, 4) is 6.07 Å². The molecular weight excluding hydrogens is 562 g/mol. The van der Waals surface area contributed by atoms with Crippen molar-refractivity contribution in [1.82, 2.24) is 0 Å². The number of aryl methyl sites for hydroxylation is 1. The molecule has 2 aromatic rings. The average Bonchev–Trinajstić information content (AvgIpc) is 2.93. The van der Waals surface area contributed by atoms with Gasteiger partial charge in [-0.1, -0.05) is 37.3 Å².